The molecule has 1 aromatic carbocycles. The Hall–Kier alpha value is -2.24. The first kappa shape index (κ1) is 16.2. The van der Waals surface area contributed by atoms with Crippen LogP contribution in [-0.2, 0) is 17.7 Å². The molecule has 0 saturated carbocycles. The van der Waals surface area contributed by atoms with Crippen LogP contribution in [0.4, 0.5) is 0 Å². The average molecular weight is 336 g/mol. The number of hydrogen-bond donors (Lipinski definition) is 1. The van der Waals surface area contributed by atoms with Crippen molar-refractivity contribution >= 4 is 10.9 Å². The van der Waals surface area contributed by atoms with Crippen LogP contribution >= 0.6 is 0 Å². The molecule has 1 atom stereocenters. The summed E-state index contributed by atoms with van der Waals surface area (Å²) < 4.78 is 5.86. The van der Waals surface area contributed by atoms with Gasteiger partial charge in [0.1, 0.15) is 0 Å². The molecule has 1 aliphatic rings. The molecule has 5 heteroatoms. The summed E-state index contributed by atoms with van der Waals surface area (Å²) in [6.45, 7) is 6.56. The predicted molar refractivity (Wildman–Crippen MR) is 98.4 cm³/mol. The van der Waals surface area contributed by atoms with E-state index in [1.54, 1.807) is 0 Å². The van der Waals surface area contributed by atoms with Crippen LogP contribution in [0.25, 0.3) is 10.9 Å². The molecule has 0 aliphatic carbocycles. The van der Waals surface area contributed by atoms with E-state index in [0.29, 0.717) is 5.92 Å². The van der Waals surface area contributed by atoms with Gasteiger partial charge in [0.05, 0.1) is 30.6 Å². The maximum absolute atomic E-state index is 5.86. The fourth-order valence-corrected chi connectivity index (χ4v) is 3.59. The van der Waals surface area contributed by atoms with Crippen molar-refractivity contribution in [2.75, 3.05) is 26.3 Å². The number of nitrogens with zero attached hydrogens (tertiary/aromatic N) is 3. The van der Waals surface area contributed by atoms with E-state index in [-0.39, 0.29) is 0 Å². The van der Waals surface area contributed by atoms with Gasteiger partial charge in [-0.3, -0.25) is 15.0 Å². The molecule has 0 spiro atoms. The Morgan fingerprint density at radius 1 is 1.28 bits per heavy atom. The molecule has 1 aliphatic heterocycles. The van der Waals surface area contributed by atoms with Gasteiger partial charge in [-0.2, -0.15) is 5.10 Å². The lowest BCUT2D eigenvalue weighted by Gasteiger charge is -2.23. The van der Waals surface area contributed by atoms with Crippen molar-refractivity contribution < 1.29 is 4.74 Å². The van der Waals surface area contributed by atoms with E-state index in [0.717, 1.165) is 56.2 Å². The molecule has 0 radical (unpaired) electrons. The first-order valence-electron chi connectivity index (χ1n) is 8.91. The van der Waals surface area contributed by atoms with Crippen LogP contribution in [0.15, 0.2) is 42.6 Å². The second-order valence-electron chi connectivity index (χ2n) is 6.94. The third-order valence-corrected chi connectivity index (χ3v) is 4.78. The quantitative estimate of drug-likeness (QED) is 0.796. The monoisotopic (exact) mass is 336 g/mol. The Morgan fingerprint density at radius 2 is 2.24 bits per heavy atom. The van der Waals surface area contributed by atoms with Gasteiger partial charge in [-0.05, 0) is 49.1 Å². The van der Waals surface area contributed by atoms with Crippen molar-refractivity contribution in [1.29, 1.82) is 0 Å². The second-order valence-corrected chi connectivity index (χ2v) is 6.94. The lowest BCUT2D eigenvalue weighted by molar-refractivity contribution is 0.121. The summed E-state index contributed by atoms with van der Waals surface area (Å²) in [5.41, 5.74) is 4.65. The fourth-order valence-electron chi connectivity index (χ4n) is 3.59. The first-order chi connectivity index (χ1) is 12.3. The average Bonchev–Trinajstić information content (AvgIpc) is 2.95. The molecular weight excluding hydrogens is 312 g/mol. The molecule has 5 nitrogen and oxygen atoms in total. The number of hydrogen-bond acceptors (Lipinski definition) is 4. The Morgan fingerprint density at radius 3 is 3.16 bits per heavy atom. The first-order valence-corrected chi connectivity index (χ1v) is 8.91. The zero-order valence-electron chi connectivity index (χ0n) is 14.6. The van der Waals surface area contributed by atoms with Gasteiger partial charge in [0, 0.05) is 30.7 Å². The summed E-state index contributed by atoms with van der Waals surface area (Å²) in [5, 5.41) is 8.29. The highest BCUT2D eigenvalue weighted by atomic mass is 16.5. The number of rotatable bonds is 4. The van der Waals surface area contributed by atoms with Gasteiger partial charge < -0.3 is 4.74 Å². The maximum Gasteiger partial charge on any atom is 0.0650 e. The van der Waals surface area contributed by atoms with Crippen LogP contribution in [0.3, 0.4) is 0 Å². The van der Waals surface area contributed by atoms with E-state index >= 15 is 0 Å². The van der Waals surface area contributed by atoms with Crippen LogP contribution in [0, 0.1) is 12.8 Å². The standard InChI is InChI=1S/C20H24N4O/c1-15-3-2-4-19(22-15)13-24-7-8-25-14-17(12-24)9-16-5-6-20-18(10-16)11-21-23-20/h2-6,10-11,17H,7-9,12-14H2,1H3,(H,21,23). The summed E-state index contributed by atoms with van der Waals surface area (Å²) in [4.78, 5) is 7.11. The number of pyridine rings is 1. The Balaban J connectivity index is 1.44. The third kappa shape index (κ3) is 4.06. The van der Waals surface area contributed by atoms with Crippen molar-refractivity contribution in [2.45, 2.75) is 19.9 Å². The van der Waals surface area contributed by atoms with E-state index in [4.69, 9.17) is 4.74 Å². The largest absolute Gasteiger partial charge is 0.380 e. The van der Waals surface area contributed by atoms with Gasteiger partial charge in [-0.25, -0.2) is 0 Å². The molecule has 0 amide bonds. The molecule has 1 saturated heterocycles. The second kappa shape index (κ2) is 7.33. The summed E-state index contributed by atoms with van der Waals surface area (Å²) in [6.07, 6.45) is 2.91. The maximum atomic E-state index is 5.86. The lowest BCUT2D eigenvalue weighted by Crippen LogP contribution is -2.30. The minimum atomic E-state index is 0.497. The Kier molecular flexibility index (Phi) is 4.76. The number of aromatic amines is 1. The molecule has 3 heterocycles. The van der Waals surface area contributed by atoms with Gasteiger partial charge in [0.25, 0.3) is 0 Å². The Labute approximate surface area is 148 Å². The smallest absolute Gasteiger partial charge is 0.0650 e. The molecule has 2 aromatic heterocycles. The minimum absolute atomic E-state index is 0.497. The van der Waals surface area contributed by atoms with Gasteiger partial charge in [-0.15, -0.1) is 0 Å². The fraction of sp³-hybridized carbons (Fsp3) is 0.400. The summed E-state index contributed by atoms with van der Waals surface area (Å²) in [6, 6.07) is 12.8. The SMILES string of the molecule is Cc1cccc(CN2CCOCC(Cc3ccc4[nH]ncc4c3)C2)n1. The molecule has 4 rings (SSSR count). The van der Waals surface area contributed by atoms with Crippen molar-refractivity contribution in [2.24, 2.45) is 5.92 Å². The number of ether oxygens (including phenoxy) is 1. The zero-order chi connectivity index (χ0) is 17.1. The van der Waals surface area contributed by atoms with Gasteiger partial charge in [0.2, 0.25) is 0 Å². The highest BCUT2D eigenvalue weighted by Crippen LogP contribution is 2.19. The van der Waals surface area contributed by atoms with Gasteiger partial charge in [0.15, 0.2) is 0 Å². The number of aromatic nitrogens is 3. The highest BCUT2D eigenvalue weighted by molar-refractivity contribution is 5.78. The van der Waals surface area contributed by atoms with Crippen LogP contribution in [0.5, 0.6) is 0 Å². The molecule has 1 unspecified atom stereocenters. The third-order valence-electron chi connectivity index (χ3n) is 4.78. The Bertz CT molecular complexity index is 844. The van der Waals surface area contributed by atoms with Crippen LogP contribution < -0.4 is 0 Å². The number of fused-ring (bicyclic) bond motifs is 1. The molecule has 130 valence electrons. The summed E-state index contributed by atoms with van der Waals surface area (Å²) in [5.74, 6) is 0.497. The minimum Gasteiger partial charge on any atom is -0.380 e. The van der Waals surface area contributed by atoms with E-state index in [1.807, 2.05) is 19.2 Å². The summed E-state index contributed by atoms with van der Waals surface area (Å²) >= 11 is 0. The van der Waals surface area contributed by atoms with E-state index in [9.17, 15) is 0 Å². The molecule has 1 fully saturated rings. The topological polar surface area (TPSA) is 54.0 Å². The number of aryl methyl sites for hydroxylation is 1. The molecule has 25 heavy (non-hydrogen) atoms. The molecule has 1 N–H and O–H groups in total. The van der Waals surface area contributed by atoms with Crippen molar-refractivity contribution in [3.05, 3.63) is 59.5 Å². The molecule has 3 aromatic rings. The molecule has 0 bridgehead atoms. The highest BCUT2D eigenvalue weighted by Gasteiger charge is 2.19. The van der Waals surface area contributed by atoms with Gasteiger partial charge >= 0.3 is 0 Å². The van der Waals surface area contributed by atoms with E-state index in [2.05, 4.69) is 50.4 Å². The molecular formula is C20H24N4O. The van der Waals surface area contributed by atoms with Crippen molar-refractivity contribution in [1.82, 2.24) is 20.1 Å². The summed E-state index contributed by atoms with van der Waals surface area (Å²) in [7, 11) is 0. The van der Waals surface area contributed by atoms with Crippen LogP contribution in [0.1, 0.15) is 17.0 Å². The van der Waals surface area contributed by atoms with Crippen molar-refractivity contribution in [3.8, 4) is 0 Å². The predicted octanol–water partition coefficient (Wildman–Crippen LogP) is 2.96. The zero-order valence-corrected chi connectivity index (χ0v) is 14.6. The van der Waals surface area contributed by atoms with E-state index in [1.165, 1.54) is 10.9 Å². The van der Waals surface area contributed by atoms with Gasteiger partial charge in [-0.1, -0.05) is 12.1 Å². The number of nitrogens with one attached hydrogen (secondary N) is 1. The van der Waals surface area contributed by atoms with E-state index < -0.39 is 0 Å². The van der Waals surface area contributed by atoms with Crippen LogP contribution in [0.2, 0.25) is 0 Å². The lowest BCUT2D eigenvalue weighted by atomic mass is 9.98. The normalized spacial score (nSPS) is 19.2. The number of benzene rings is 1. The number of H-pyrrole nitrogens is 1. The van der Waals surface area contributed by atoms with Crippen molar-refractivity contribution in [3.63, 3.8) is 0 Å². The van der Waals surface area contributed by atoms with Crippen LogP contribution in [-0.4, -0.2) is 46.4 Å².